The molecule has 1 atom stereocenters. The highest BCUT2D eigenvalue weighted by Gasteiger charge is 2.09. The van der Waals surface area contributed by atoms with Crippen molar-refractivity contribution >= 4 is 11.6 Å². The molecule has 0 aliphatic rings. The van der Waals surface area contributed by atoms with E-state index in [4.69, 9.17) is 21.1 Å². The second-order valence-electron chi connectivity index (χ2n) is 7.32. The first kappa shape index (κ1) is 22.1. The second kappa shape index (κ2) is 11.0. The van der Waals surface area contributed by atoms with Gasteiger partial charge in [-0.15, -0.1) is 0 Å². The molecule has 3 nitrogen and oxygen atoms in total. The first-order valence-electron chi connectivity index (χ1n) is 10.1. The van der Waals surface area contributed by atoms with Crippen LogP contribution >= 0.6 is 11.6 Å². The molecule has 3 aromatic carbocycles. The zero-order valence-corrected chi connectivity index (χ0v) is 18.1. The van der Waals surface area contributed by atoms with Crippen molar-refractivity contribution in [2.75, 3.05) is 7.11 Å². The van der Waals surface area contributed by atoms with Gasteiger partial charge in [-0.25, -0.2) is 4.39 Å². The Hall–Kier alpha value is -2.56. The van der Waals surface area contributed by atoms with Gasteiger partial charge in [0.1, 0.15) is 12.4 Å². The van der Waals surface area contributed by atoms with Crippen molar-refractivity contribution < 1.29 is 13.9 Å². The normalized spacial score (nSPS) is 11.9. The molecule has 0 spiro atoms. The van der Waals surface area contributed by atoms with Crippen LogP contribution in [0.3, 0.4) is 0 Å². The summed E-state index contributed by atoms with van der Waals surface area (Å²) in [6, 6.07) is 21.1. The van der Waals surface area contributed by atoms with E-state index >= 15 is 0 Å². The second-order valence-corrected chi connectivity index (χ2v) is 7.72. The van der Waals surface area contributed by atoms with Crippen molar-refractivity contribution in [3.05, 3.63) is 94.3 Å². The summed E-state index contributed by atoms with van der Waals surface area (Å²) in [5, 5.41) is 3.91. The van der Waals surface area contributed by atoms with Gasteiger partial charge in [0.25, 0.3) is 0 Å². The molecule has 0 unspecified atom stereocenters. The van der Waals surface area contributed by atoms with Crippen molar-refractivity contribution in [3.63, 3.8) is 0 Å². The number of methoxy groups -OCH3 is 1. The summed E-state index contributed by atoms with van der Waals surface area (Å²) in [5.74, 6) is 0.916. The van der Waals surface area contributed by atoms with Gasteiger partial charge in [0.15, 0.2) is 11.5 Å². The van der Waals surface area contributed by atoms with Gasteiger partial charge in [-0.3, -0.25) is 0 Å². The Morgan fingerprint density at radius 2 is 1.77 bits per heavy atom. The van der Waals surface area contributed by atoms with Crippen LogP contribution in [0, 0.1) is 5.82 Å². The maximum atomic E-state index is 13.2. The Morgan fingerprint density at radius 3 is 2.50 bits per heavy atom. The van der Waals surface area contributed by atoms with Crippen molar-refractivity contribution in [1.82, 2.24) is 5.32 Å². The molecule has 0 saturated carbocycles. The number of hydrogen-bond acceptors (Lipinski definition) is 3. The van der Waals surface area contributed by atoms with Crippen LogP contribution in [0.1, 0.15) is 30.0 Å². The Kier molecular flexibility index (Phi) is 8.12. The van der Waals surface area contributed by atoms with Gasteiger partial charge in [-0.1, -0.05) is 54.1 Å². The number of ether oxygens (including phenoxy) is 2. The standard InChI is InChI=1S/C25H27ClFNO2/c1-18(8-9-19-6-4-3-5-7-19)28-16-20-10-13-24(25(14-20)29-2)30-17-21-11-12-22(27)15-23(21)26/h3-7,10-15,18,28H,8-9,16-17H2,1-2H3/t18-/m0/s1. The molecule has 1 N–H and O–H groups in total. The van der Waals surface area contributed by atoms with Crippen LogP contribution in [0.5, 0.6) is 11.5 Å². The van der Waals surface area contributed by atoms with Gasteiger partial charge in [-0.05, 0) is 55.2 Å². The van der Waals surface area contributed by atoms with Gasteiger partial charge in [0.05, 0.1) is 12.1 Å². The fourth-order valence-electron chi connectivity index (χ4n) is 3.16. The van der Waals surface area contributed by atoms with Crippen molar-refractivity contribution in [3.8, 4) is 11.5 Å². The highest BCUT2D eigenvalue weighted by atomic mass is 35.5. The molecular formula is C25H27ClFNO2. The molecule has 3 rings (SSSR count). The van der Waals surface area contributed by atoms with E-state index in [2.05, 4.69) is 36.5 Å². The molecule has 158 valence electrons. The highest BCUT2D eigenvalue weighted by Crippen LogP contribution is 2.30. The third-order valence-electron chi connectivity index (χ3n) is 4.99. The summed E-state index contributed by atoms with van der Waals surface area (Å²) >= 11 is 6.07. The number of hydrogen-bond donors (Lipinski definition) is 1. The molecule has 0 fully saturated rings. The fraction of sp³-hybridized carbons (Fsp3) is 0.280. The minimum Gasteiger partial charge on any atom is -0.493 e. The number of aryl methyl sites for hydroxylation is 1. The minimum absolute atomic E-state index is 0.240. The largest absolute Gasteiger partial charge is 0.493 e. The van der Waals surface area contributed by atoms with E-state index in [1.54, 1.807) is 13.2 Å². The average Bonchev–Trinajstić information content (AvgIpc) is 2.76. The van der Waals surface area contributed by atoms with E-state index < -0.39 is 0 Å². The SMILES string of the molecule is COc1cc(CN[C@@H](C)CCc2ccccc2)ccc1OCc1ccc(F)cc1Cl. The van der Waals surface area contributed by atoms with Crippen LogP contribution in [0.4, 0.5) is 4.39 Å². The Balaban J connectivity index is 1.53. The van der Waals surface area contributed by atoms with Crippen molar-refractivity contribution in [2.45, 2.75) is 39.0 Å². The molecule has 0 saturated heterocycles. The number of rotatable bonds is 10. The molecule has 0 aliphatic carbocycles. The first-order valence-corrected chi connectivity index (χ1v) is 10.4. The molecule has 30 heavy (non-hydrogen) atoms. The molecule has 0 radical (unpaired) electrons. The molecule has 0 amide bonds. The van der Waals surface area contributed by atoms with E-state index in [1.807, 2.05) is 24.3 Å². The molecule has 0 heterocycles. The van der Waals surface area contributed by atoms with Gasteiger partial charge in [-0.2, -0.15) is 0 Å². The monoisotopic (exact) mass is 427 g/mol. The third-order valence-corrected chi connectivity index (χ3v) is 5.34. The van der Waals surface area contributed by atoms with Crippen LogP contribution in [0.25, 0.3) is 0 Å². The van der Waals surface area contributed by atoms with Gasteiger partial charge in [0.2, 0.25) is 0 Å². The number of nitrogens with one attached hydrogen (secondary N) is 1. The quantitative estimate of drug-likeness (QED) is 0.419. The summed E-state index contributed by atoms with van der Waals surface area (Å²) in [6.45, 7) is 3.18. The Labute approximate surface area is 182 Å². The van der Waals surface area contributed by atoms with Crippen LogP contribution in [-0.2, 0) is 19.6 Å². The third kappa shape index (κ3) is 6.48. The average molecular weight is 428 g/mol. The van der Waals surface area contributed by atoms with Crippen LogP contribution in [0.15, 0.2) is 66.7 Å². The predicted molar refractivity (Wildman–Crippen MR) is 120 cm³/mol. The Morgan fingerprint density at radius 1 is 0.967 bits per heavy atom. The van der Waals surface area contributed by atoms with E-state index in [0.717, 1.165) is 30.5 Å². The van der Waals surface area contributed by atoms with E-state index in [9.17, 15) is 4.39 Å². The lowest BCUT2D eigenvalue weighted by atomic mass is 10.1. The lowest BCUT2D eigenvalue weighted by Gasteiger charge is -2.16. The summed E-state index contributed by atoms with van der Waals surface area (Å²) in [4.78, 5) is 0. The molecular weight excluding hydrogens is 401 g/mol. The van der Waals surface area contributed by atoms with Crippen molar-refractivity contribution in [2.24, 2.45) is 0 Å². The summed E-state index contributed by atoms with van der Waals surface area (Å²) in [5.41, 5.74) is 3.19. The summed E-state index contributed by atoms with van der Waals surface area (Å²) in [7, 11) is 1.62. The number of benzene rings is 3. The summed E-state index contributed by atoms with van der Waals surface area (Å²) in [6.07, 6.45) is 2.12. The van der Waals surface area contributed by atoms with Crippen LogP contribution in [0.2, 0.25) is 5.02 Å². The predicted octanol–water partition coefficient (Wildman–Crippen LogP) is 6.18. The number of halogens is 2. The van der Waals surface area contributed by atoms with Crippen LogP contribution < -0.4 is 14.8 Å². The molecule has 5 heteroatoms. The maximum absolute atomic E-state index is 13.2. The maximum Gasteiger partial charge on any atom is 0.161 e. The molecule has 0 aliphatic heterocycles. The lowest BCUT2D eigenvalue weighted by Crippen LogP contribution is -2.26. The topological polar surface area (TPSA) is 30.5 Å². The van der Waals surface area contributed by atoms with Gasteiger partial charge >= 0.3 is 0 Å². The molecule has 3 aromatic rings. The van der Waals surface area contributed by atoms with Gasteiger partial charge in [0, 0.05) is 18.2 Å². The zero-order valence-electron chi connectivity index (χ0n) is 17.3. The first-order chi connectivity index (χ1) is 14.5. The Bertz CT molecular complexity index is 949. The highest BCUT2D eigenvalue weighted by molar-refractivity contribution is 6.31. The lowest BCUT2D eigenvalue weighted by molar-refractivity contribution is 0.284. The van der Waals surface area contributed by atoms with E-state index in [0.29, 0.717) is 22.6 Å². The zero-order chi connectivity index (χ0) is 21.3. The van der Waals surface area contributed by atoms with Gasteiger partial charge < -0.3 is 14.8 Å². The molecule has 0 aromatic heterocycles. The molecule has 0 bridgehead atoms. The smallest absolute Gasteiger partial charge is 0.161 e. The fourth-order valence-corrected chi connectivity index (χ4v) is 3.38. The minimum atomic E-state index is -0.365. The van der Waals surface area contributed by atoms with E-state index in [1.165, 1.54) is 17.7 Å². The van der Waals surface area contributed by atoms with E-state index in [-0.39, 0.29) is 12.4 Å². The van der Waals surface area contributed by atoms with Crippen LogP contribution in [-0.4, -0.2) is 13.2 Å². The van der Waals surface area contributed by atoms with Crippen molar-refractivity contribution in [1.29, 1.82) is 0 Å². The summed E-state index contributed by atoms with van der Waals surface area (Å²) < 4.78 is 24.5.